The Morgan fingerprint density at radius 2 is 2.30 bits per heavy atom. The normalized spacial score (nSPS) is 17.1. The third-order valence-electron chi connectivity index (χ3n) is 2.97. The first-order valence-corrected chi connectivity index (χ1v) is 6.76. The van der Waals surface area contributed by atoms with E-state index in [0.717, 1.165) is 17.9 Å². The highest BCUT2D eigenvalue weighted by Gasteiger charge is 2.25. The highest BCUT2D eigenvalue weighted by molar-refractivity contribution is 5.57. The van der Waals surface area contributed by atoms with Crippen molar-refractivity contribution < 1.29 is 14.0 Å². The maximum absolute atomic E-state index is 5.86. The number of nitrogens with one attached hydrogen (secondary N) is 1. The van der Waals surface area contributed by atoms with Gasteiger partial charge in [-0.2, -0.15) is 4.98 Å². The molecule has 0 saturated carbocycles. The number of ether oxygens (including phenoxy) is 2. The second-order valence-electron chi connectivity index (χ2n) is 4.58. The van der Waals surface area contributed by atoms with Crippen molar-refractivity contribution in [1.82, 2.24) is 10.1 Å². The molecule has 2 heterocycles. The fraction of sp³-hybridized carbons (Fsp3) is 0.429. The second kappa shape index (κ2) is 5.92. The molecule has 20 heavy (non-hydrogen) atoms. The molecule has 2 aromatic rings. The minimum atomic E-state index is -0.266. The number of aromatic nitrogens is 2. The summed E-state index contributed by atoms with van der Waals surface area (Å²) in [6.07, 6.45) is 0.703. The number of fused-ring (bicyclic) bond motifs is 1. The van der Waals surface area contributed by atoms with Gasteiger partial charge in [-0.15, -0.1) is 0 Å². The van der Waals surface area contributed by atoms with Crippen LogP contribution in [0.3, 0.4) is 0 Å². The molecule has 1 unspecified atom stereocenters. The Kier molecular flexibility index (Phi) is 3.83. The molecule has 0 radical (unpaired) electrons. The third kappa shape index (κ3) is 2.75. The molecule has 0 saturated heterocycles. The molecule has 0 aliphatic carbocycles. The van der Waals surface area contributed by atoms with Gasteiger partial charge in [0.1, 0.15) is 12.4 Å². The van der Waals surface area contributed by atoms with E-state index in [2.05, 4.69) is 22.4 Å². The number of hydrogen-bond donors (Lipinski definition) is 1. The van der Waals surface area contributed by atoms with Crippen molar-refractivity contribution in [2.45, 2.75) is 26.1 Å². The summed E-state index contributed by atoms with van der Waals surface area (Å²) in [5.41, 5.74) is 0.981. The third-order valence-corrected chi connectivity index (χ3v) is 2.97. The Bertz CT molecular complexity index is 570. The van der Waals surface area contributed by atoms with Crippen LogP contribution in [-0.2, 0) is 11.3 Å². The van der Waals surface area contributed by atoms with Gasteiger partial charge >= 0.3 is 0 Å². The highest BCUT2D eigenvalue weighted by atomic mass is 16.5. The number of benzene rings is 1. The van der Waals surface area contributed by atoms with Gasteiger partial charge in [0.15, 0.2) is 11.9 Å². The Labute approximate surface area is 117 Å². The smallest absolute Gasteiger partial charge is 0.269 e. The molecular formula is C14H17N3O3. The van der Waals surface area contributed by atoms with Crippen LogP contribution in [0.1, 0.15) is 31.2 Å². The van der Waals surface area contributed by atoms with E-state index in [-0.39, 0.29) is 6.10 Å². The van der Waals surface area contributed by atoms with E-state index in [9.17, 15) is 0 Å². The maximum atomic E-state index is 5.86. The molecule has 0 amide bonds. The second-order valence-corrected chi connectivity index (χ2v) is 4.58. The molecule has 0 spiro atoms. The van der Waals surface area contributed by atoms with Crippen molar-refractivity contribution in [3.8, 4) is 5.75 Å². The van der Waals surface area contributed by atoms with Crippen LogP contribution >= 0.6 is 0 Å². The molecule has 1 aliphatic rings. The number of para-hydroxylation sites is 2. The van der Waals surface area contributed by atoms with Gasteiger partial charge in [-0.05, 0) is 18.6 Å². The van der Waals surface area contributed by atoms with Crippen molar-refractivity contribution in [2.75, 3.05) is 18.5 Å². The van der Waals surface area contributed by atoms with Gasteiger partial charge in [-0.3, -0.25) is 0 Å². The van der Waals surface area contributed by atoms with Crippen LogP contribution in [-0.4, -0.2) is 23.3 Å². The SMILES string of the molecule is CCCOCc1noc(C2CNc3ccccc3O2)n1. The monoisotopic (exact) mass is 275 g/mol. The van der Waals surface area contributed by atoms with E-state index in [1.54, 1.807) is 0 Å². The van der Waals surface area contributed by atoms with E-state index in [4.69, 9.17) is 14.0 Å². The van der Waals surface area contributed by atoms with Gasteiger partial charge in [0, 0.05) is 6.61 Å². The summed E-state index contributed by atoms with van der Waals surface area (Å²) in [4.78, 5) is 4.31. The van der Waals surface area contributed by atoms with Crippen molar-refractivity contribution >= 4 is 5.69 Å². The summed E-state index contributed by atoms with van der Waals surface area (Å²) < 4.78 is 16.5. The number of hydrogen-bond acceptors (Lipinski definition) is 6. The zero-order chi connectivity index (χ0) is 13.8. The zero-order valence-electron chi connectivity index (χ0n) is 11.3. The van der Waals surface area contributed by atoms with Gasteiger partial charge < -0.3 is 19.3 Å². The summed E-state index contributed by atoms with van der Waals surface area (Å²) >= 11 is 0. The lowest BCUT2D eigenvalue weighted by atomic mass is 10.2. The largest absolute Gasteiger partial charge is 0.477 e. The molecule has 0 fully saturated rings. The molecule has 1 aliphatic heterocycles. The quantitative estimate of drug-likeness (QED) is 0.846. The topological polar surface area (TPSA) is 69.4 Å². The van der Waals surface area contributed by atoms with E-state index in [1.165, 1.54) is 0 Å². The first-order valence-electron chi connectivity index (χ1n) is 6.76. The summed E-state index contributed by atoms with van der Waals surface area (Å²) in [5.74, 6) is 1.82. The van der Waals surface area contributed by atoms with Gasteiger partial charge in [0.25, 0.3) is 5.89 Å². The van der Waals surface area contributed by atoms with Crippen molar-refractivity contribution in [3.63, 3.8) is 0 Å². The molecule has 106 valence electrons. The van der Waals surface area contributed by atoms with Crippen LogP contribution in [0.15, 0.2) is 28.8 Å². The van der Waals surface area contributed by atoms with E-state index in [0.29, 0.717) is 31.5 Å². The van der Waals surface area contributed by atoms with Crippen molar-refractivity contribution in [3.05, 3.63) is 36.0 Å². The maximum Gasteiger partial charge on any atom is 0.269 e. The fourth-order valence-corrected chi connectivity index (χ4v) is 2.02. The average Bonchev–Trinajstić information content (AvgIpc) is 2.96. The summed E-state index contributed by atoms with van der Waals surface area (Å²) in [6, 6.07) is 7.78. The molecular weight excluding hydrogens is 258 g/mol. The first kappa shape index (κ1) is 12.9. The van der Waals surface area contributed by atoms with Gasteiger partial charge in [-0.25, -0.2) is 0 Å². The van der Waals surface area contributed by atoms with Gasteiger partial charge in [0.2, 0.25) is 0 Å². The fourth-order valence-electron chi connectivity index (χ4n) is 2.02. The first-order chi connectivity index (χ1) is 9.86. The van der Waals surface area contributed by atoms with Crippen LogP contribution < -0.4 is 10.1 Å². The van der Waals surface area contributed by atoms with Gasteiger partial charge in [0.05, 0.1) is 12.2 Å². The highest BCUT2D eigenvalue weighted by Crippen LogP contribution is 2.33. The molecule has 1 atom stereocenters. The number of nitrogens with zero attached hydrogens (tertiary/aromatic N) is 2. The van der Waals surface area contributed by atoms with Crippen LogP contribution in [0.25, 0.3) is 0 Å². The lowest BCUT2D eigenvalue weighted by Crippen LogP contribution is -2.23. The predicted octanol–water partition coefficient (Wildman–Crippen LogP) is 2.54. The van der Waals surface area contributed by atoms with E-state index >= 15 is 0 Å². The van der Waals surface area contributed by atoms with Crippen LogP contribution in [0.5, 0.6) is 5.75 Å². The van der Waals surface area contributed by atoms with Crippen LogP contribution in [0.4, 0.5) is 5.69 Å². The van der Waals surface area contributed by atoms with Crippen molar-refractivity contribution in [2.24, 2.45) is 0 Å². The minimum absolute atomic E-state index is 0.266. The molecule has 3 rings (SSSR count). The Balaban J connectivity index is 1.66. The molecule has 1 aromatic carbocycles. The zero-order valence-corrected chi connectivity index (χ0v) is 11.3. The van der Waals surface area contributed by atoms with Crippen LogP contribution in [0, 0.1) is 0 Å². The summed E-state index contributed by atoms with van der Waals surface area (Å²) in [5, 5.41) is 7.19. The number of anilines is 1. The number of rotatable bonds is 5. The van der Waals surface area contributed by atoms with E-state index < -0.39 is 0 Å². The Morgan fingerprint density at radius 3 is 3.20 bits per heavy atom. The Morgan fingerprint density at radius 1 is 1.40 bits per heavy atom. The molecule has 0 bridgehead atoms. The lowest BCUT2D eigenvalue weighted by Gasteiger charge is -2.24. The minimum Gasteiger partial charge on any atom is -0.477 e. The standard InChI is InChI=1S/C14H17N3O3/c1-2-7-18-9-13-16-14(20-17-13)12-8-15-10-5-3-4-6-11(10)19-12/h3-6,12,15H,2,7-9H2,1H3. The van der Waals surface area contributed by atoms with Gasteiger partial charge in [-0.1, -0.05) is 24.2 Å². The average molecular weight is 275 g/mol. The Hall–Kier alpha value is -2.08. The molecule has 1 aromatic heterocycles. The summed E-state index contributed by atoms with van der Waals surface area (Å²) in [7, 11) is 0. The molecule has 1 N–H and O–H groups in total. The van der Waals surface area contributed by atoms with Crippen LogP contribution in [0.2, 0.25) is 0 Å². The van der Waals surface area contributed by atoms with Crippen molar-refractivity contribution in [1.29, 1.82) is 0 Å². The summed E-state index contributed by atoms with van der Waals surface area (Å²) in [6.45, 7) is 3.72. The lowest BCUT2D eigenvalue weighted by molar-refractivity contribution is 0.114. The predicted molar refractivity (Wildman–Crippen MR) is 72.5 cm³/mol. The molecule has 6 nitrogen and oxygen atoms in total. The molecule has 6 heteroatoms. The van der Waals surface area contributed by atoms with E-state index in [1.807, 2.05) is 24.3 Å².